The minimum absolute atomic E-state index is 0.0000953. The number of thiazole rings is 1. The summed E-state index contributed by atoms with van der Waals surface area (Å²) in [4.78, 5) is 18.9. The molecule has 0 aliphatic carbocycles. The summed E-state index contributed by atoms with van der Waals surface area (Å²) >= 11 is 7.86. The maximum Gasteiger partial charge on any atom is 0.410 e. The van der Waals surface area contributed by atoms with Gasteiger partial charge in [0.25, 0.3) is 10.0 Å². The molecule has 2 N–H and O–H groups in total. The van der Waals surface area contributed by atoms with Gasteiger partial charge in [-0.05, 0) is 87.9 Å². The fraction of sp³-hybridized carbons (Fsp3) is 0.419. The van der Waals surface area contributed by atoms with Crippen LogP contribution in [0.4, 0.5) is 20.0 Å². The van der Waals surface area contributed by atoms with Gasteiger partial charge in [0.05, 0.1) is 55.4 Å². The van der Waals surface area contributed by atoms with Gasteiger partial charge < -0.3 is 29.4 Å². The SMILES string of the molecule is COc1ccc(CN(c2nccs2)S(=O)(=O)c2cc(Cl)c(NCC3(Cc4ccc(-c5ccnn5C5CCCCO5)cc4)CC(O)CN3C(=O)OC(C)(C)C)cc2F)c(OC)c1. The van der Waals surface area contributed by atoms with Gasteiger partial charge in [-0.1, -0.05) is 35.9 Å². The Hall–Kier alpha value is -4.94. The third-order valence-corrected chi connectivity index (χ3v) is 13.7. The van der Waals surface area contributed by atoms with E-state index in [0.717, 1.165) is 63.9 Å². The number of amides is 1. The van der Waals surface area contributed by atoms with E-state index in [1.807, 2.05) is 35.0 Å². The molecule has 61 heavy (non-hydrogen) atoms. The molecule has 2 aromatic heterocycles. The van der Waals surface area contributed by atoms with Gasteiger partial charge in [0, 0.05) is 49.0 Å². The summed E-state index contributed by atoms with van der Waals surface area (Å²) in [5.74, 6) is -0.183. The number of β-amino-alcohol motifs (C(OH)–C–C–N with tert-alkyl or cyclic N) is 1. The quantitative estimate of drug-likeness (QED) is 0.111. The van der Waals surface area contributed by atoms with Crippen molar-refractivity contribution < 1.29 is 41.7 Å². The Balaban J connectivity index is 1.18. The number of carbonyl (C=O) groups is 1. The number of benzene rings is 3. The monoisotopic (exact) mass is 896 g/mol. The molecule has 2 fully saturated rings. The van der Waals surface area contributed by atoms with E-state index >= 15 is 4.39 Å². The maximum atomic E-state index is 16.3. The Bertz CT molecular complexity index is 2420. The number of anilines is 2. The topological polar surface area (TPSA) is 158 Å². The molecule has 14 nitrogen and oxygen atoms in total. The number of aliphatic hydroxyl groups is 1. The Morgan fingerprint density at radius 1 is 1.10 bits per heavy atom. The van der Waals surface area contributed by atoms with Crippen LogP contribution in [0.1, 0.15) is 63.8 Å². The molecule has 5 aromatic rings. The Morgan fingerprint density at radius 3 is 2.56 bits per heavy atom. The van der Waals surface area contributed by atoms with Gasteiger partial charge in [-0.3, -0.25) is 4.90 Å². The minimum atomic E-state index is -4.60. The Morgan fingerprint density at radius 2 is 1.89 bits per heavy atom. The van der Waals surface area contributed by atoms with Gasteiger partial charge in [0.15, 0.2) is 11.4 Å². The van der Waals surface area contributed by atoms with Crippen LogP contribution in [-0.4, -0.2) is 90.4 Å². The molecule has 0 radical (unpaired) electrons. The third kappa shape index (κ3) is 9.75. The van der Waals surface area contributed by atoms with Crippen molar-refractivity contribution in [2.45, 2.75) is 87.8 Å². The summed E-state index contributed by atoms with van der Waals surface area (Å²) in [5, 5.41) is 20.5. The summed E-state index contributed by atoms with van der Waals surface area (Å²) in [6.07, 6.45) is 4.98. The second kappa shape index (κ2) is 18.2. The summed E-state index contributed by atoms with van der Waals surface area (Å²) in [5.41, 5.74) is 1.39. The fourth-order valence-corrected chi connectivity index (χ4v) is 10.5. The fourth-order valence-electron chi connectivity index (χ4n) is 7.83. The molecule has 3 unspecified atom stereocenters. The molecule has 18 heteroatoms. The van der Waals surface area contributed by atoms with E-state index in [1.54, 1.807) is 50.5 Å². The number of aliphatic hydroxyl groups excluding tert-OH is 1. The van der Waals surface area contributed by atoms with E-state index < -0.39 is 44.1 Å². The molecule has 3 atom stereocenters. The van der Waals surface area contributed by atoms with Crippen LogP contribution in [0.3, 0.4) is 0 Å². The molecular weight excluding hydrogens is 847 g/mol. The van der Waals surface area contributed by atoms with Gasteiger partial charge in [-0.2, -0.15) is 5.10 Å². The van der Waals surface area contributed by atoms with Crippen LogP contribution in [0.5, 0.6) is 11.5 Å². The number of halogens is 2. The average molecular weight is 897 g/mol. The van der Waals surface area contributed by atoms with Crippen molar-refractivity contribution in [1.29, 1.82) is 0 Å². The lowest BCUT2D eigenvalue weighted by atomic mass is 9.87. The predicted molar refractivity (Wildman–Crippen MR) is 231 cm³/mol. The molecule has 326 valence electrons. The lowest BCUT2D eigenvalue weighted by Crippen LogP contribution is -2.54. The predicted octanol–water partition coefficient (Wildman–Crippen LogP) is 8.31. The molecule has 4 heterocycles. The number of ether oxygens (including phenoxy) is 4. The van der Waals surface area contributed by atoms with Crippen molar-refractivity contribution in [2.24, 2.45) is 0 Å². The summed E-state index contributed by atoms with van der Waals surface area (Å²) < 4.78 is 70.5. The van der Waals surface area contributed by atoms with E-state index in [2.05, 4.69) is 15.4 Å². The highest BCUT2D eigenvalue weighted by Crippen LogP contribution is 2.39. The van der Waals surface area contributed by atoms with Gasteiger partial charge in [0.2, 0.25) is 0 Å². The van der Waals surface area contributed by atoms with Crippen molar-refractivity contribution in [3.63, 3.8) is 0 Å². The number of nitrogens with one attached hydrogen (secondary N) is 1. The Labute approximate surface area is 364 Å². The largest absolute Gasteiger partial charge is 0.497 e. The summed E-state index contributed by atoms with van der Waals surface area (Å²) in [6, 6.07) is 16.9. The molecule has 2 aliphatic rings. The molecular formula is C43H50ClFN6O8S2. The van der Waals surface area contributed by atoms with E-state index in [9.17, 15) is 18.3 Å². The number of hydrogen-bond acceptors (Lipinski definition) is 12. The molecule has 1 amide bonds. The first-order valence-corrected chi connectivity index (χ1v) is 22.6. The molecule has 0 saturated carbocycles. The second-order valence-electron chi connectivity index (χ2n) is 16.1. The molecule has 2 saturated heterocycles. The Kier molecular flexibility index (Phi) is 13.2. The smallest absolute Gasteiger partial charge is 0.410 e. The van der Waals surface area contributed by atoms with Crippen LogP contribution in [0.15, 0.2) is 83.3 Å². The number of hydrogen-bond donors (Lipinski definition) is 2. The number of carbonyl (C=O) groups excluding carboxylic acids is 1. The lowest BCUT2D eigenvalue weighted by molar-refractivity contribution is -0.0383. The number of aromatic nitrogens is 3. The van der Waals surface area contributed by atoms with Crippen LogP contribution in [0.2, 0.25) is 5.02 Å². The van der Waals surface area contributed by atoms with E-state index in [1.165, 1.54) is 25.3 Å². The molecule has 2 aliphatic heterocycles. The zero-order valence-electron chi connectivity index (χ0n) is 34.6. The van der Waals surface area contributed by atoms with Crippen LogP contribution < -0.4 is 19.1 Å². The van der Waals surface area contributed by atoms with Crippen molar-refractivity contribution in [3.8, 4) is 22.8 Å². The van der Waals surface area contributed by atoms with Crippen molar-refractivity contribution in [1.82, 2.24) is 19.7 Å². The highest BCUT2D eigenvalue weighted by Gasteiger charge is 2.49. The highest BCUT2D eigenvalue weighted by atomic mass is 35.5. The van der Waals surface area contributed by atoms with E-state index in [-0.39, 0.29) is 54.5 Å². The molecule has 7 rings (SSSR count). The number of nitrogens with zero attached hydrogens (tertiary/aromatic N) is 5. The minimum Gasteiger partial charge on any atom is -0.497 e. The second-order valence-corrected chi connectivity index (χ2v) is 19.3. The highest BCUT2D eigenvalue weighted by molar-refractivity contribution is 7.93. The number of sulfonamides is 1. The van der Waals surface area contributed by atoms with E-state index in [4.69, 9.17) is 30.5 Å². The first-order valence-electron chi connectivity index (χ1n) is 19.9. The van der Waals surface area contributed by atoms with Gasteiger partial charge in [0.1, 0.15) is 27.8 Å². The normalized spacial score (nSPS) is 19.4. The van der Waals surface area contributed by atoms with E-state index in [0.29, 0.717) is 23.7 Å². The van der Waals surface area contributed by atoms with Gasteiger partial charge >= 0.3 is 6.09 Å². The van der Waals surface area contributed by atoms with Crippen LogP contribution >= 0.6 is 22.9 Å². The lowest BCUT2D eigenvalue weighted by Gasteiger charge is -2.39. The average Bonchev–Trinajstić information content (AvgIpc) is 4.01. The standard InChI is InChI=1S/C43H50ClFN6O8S2/c1-42(2,3)59-41(53)49-26-31(52)24-43(49,23-28-9-11-29(12-10-28)36-15-16-48-51(36)39-8-6-7-18-58-39)27-47-35-22-34(45)38(21-33(35)44)61(54,55)50(40-46-17-19-60-40)25-30-13-14-32(56-4)20-37(30)57-5/h9-17,19-22,31,39,47,52H,6-8,18,23-27H2,1-5H3. The first-order chi connectivity index (χ1) is 29.1. The summed E-state index contributed by atoms with van der Waals surface area (Å²) in [7, 11) is -1.64. The van der Waals surface area contributed by atoms with Crippen molar-refractivity contribution in [2.75, 3.05) is 43.5 Å². The molecule has 0 bridgehead atoms. The number of likely N-dealkylation sites (tertiary alicyclic amines) is 1. The van der Waals surface area contributed by atoms with Crippen LogP contribution in [0, 0.1) is 5.82 Å². The maximum absolute atomic E-state index is 16.3. The zero-order chi connectivity index (χ0) is 43.5. The number of methoxy groups -OCH3 is 2. The zero-order valence-corrected chi connectivity index (χ0v) is 37.0. The summed E-state index contributed by atoms with van der Waals surface area (Å²) in [6.45, 7) is 5.75. The van der Waals surface area contributed by atoms with Crippen LogP contribution in [-0.2, 0) is 32.5 Å². The van der Waals surface area contributed by atoms with Gasteiger partial charge in [-0.25, -0.2) is 31.6 Å². The van der Waals surface area contributed by atoms with Crippen molar-refractivity contribution >= 4 is 49.9 Å². The van der Waals surface area contributed by atoms with Crippen LogP contribution in [0.25, 0.3) is 11.3 Å². The first kappa shape index (κ1) is 44.1. The number of rotatable bonds is 14. The molecule has 0 spiro atoms. The molecule has 3 aromatic carbocycles. The van der Waals surface area contributed by atoms with Crippen molar-refractivity contribution in [3.05, 3.63) is 100 Å². The van der Waals surface area contributed by atoms with Gasteiger partial charge in [-0.15, -0.1) is 11.3 Å². The third-order valence-electron chi connectivity index (χ3n) is 10.7.